The number of rotatable bonds is 11. The Morgan fingerprint density at radius 3 is 2.59 bits per heavy atom. The van der Waals surface area contributed by atoms with Crippen LogP contribution in [0.25, 0.3) is 0 Å². The lowest BCUT2D eigenvalue weighted by molar-refractivity contribution is -0.0314. The van der Waals surface area contributed by atoms with Gasteiger partial charge in [0.2, 0.25) is 0 Å². The Kier molecular flexibility index (Phi) is 9.78. The van der Waals surface area contributed by atoms with Crippen LogP contribution in [0.15, 0.2) is 47.4 Å². The number of hydrogen-bond donors (Lipinski definition) is 1. The molecule has 2 heterocycles. The van der Waals surface area contributed by atoms with Crippen LogP contribution in [-0.4, -0.2) is 51.0 Å². The number of carbonyl (C=O) groups excluding carboxylic acids is 1. The van der Waals surface area contributed by atoms with Crippen LogP contribution in [0.1, 0.15) is 65.9 Å². The zero-order chi connectivity index (χ0) is 27.8. The summed E-state index contributed by atoms with van der Waals surface area (Å²) in [5, 5.41) is 11.6. The monoisotopic (exact) mass is 530 g/mol. The number of hydrogen-bond acceptors (Lipinski definition) is 8. The molecule has 1 aliphatic rings. The molecule has 1 aromatic carbocycles. The van der Waals surface area contributed by atoms with Gasteiger partial charge in [-0.3, -0.25) is 9.36 Å². The third-order valence-corrected chi connectivity index (χ3v) is 8.08. The minimum atomic E-state index is -1.60. The second-order valence-electron chi connectivity index (χ2n) is 9.36. The van der Waals surface area contributed by atoms with Crippen molar-refractivity contribution in [3.63, 3.8) is 0 Å². The summed E-state index contributed by atoms with van der Waals surface area (Å²) in [6, 6.07) is 12.5. The lowest BCUT2D eigenvalue weighted by Crippen LogP contribution is -2.38. The van der Waals surface area contributed by atoms with Gasteiger partial charge in [0.25, 0.3) is 14.4 Å². The Hall–Kier alpha value is -2.67. The summed E-state index contributed by atoms with van der Waals surface area (Å²) in [4.78, 5) is 29.6. The molecule has 1 amide bonds. The highest BCUT2D eigenvalue weighted by Gasteiger charge is 2.45. The number of nitriles is 1. The minimum Gasteiger partial charge on any atom is -0.352 e. The molecule has 1 fully saturated rings. The molecule has 0 saturated carbocycles. The van der Waals surface area contributed by atoms with Gasteiger partial charge in [0, 0.05) is 31.1 Å². The first-order valence-electron chi connectivity index (χ1n) is 13.0. The normalized spacial score (nSPS) is 22.7. The molecule has 37 heavy (non-hydrogen) atoms. The van der Waals surface area contributed by atoms with Crippen LogP contribution in [0.4, 0.5) is 5.82 Å². The average Bonchev–Trinajstić information content (AvgIpc) is 3.19. The molecule has 11 heteroatoms. The lowest BCUT2D eigenvalue weighted by atomic mass is 10.0. The second kappa shape index (κ2) is 13.2. The van der Waals surface area contributed by atoms with Crippen molar-refractivity contribution in [1.29, 1.82) is 5.26 Å². The van der Waals surface area contributed by atoms with E-state index in [-0.39, 0.29) is 49.7 Å². The van der Waals surface area contributed by atoms with Crippen LogP contribution in [0.5, 0.6) is 0 Å². The number of ether oxygens (including phenoxy) is 1. The van der Waals surface area contributed by atoms with E-state index >= 15 is 0 Å². The van der Waals surface area contributed by atoms with Gasteiger partial charge in [-0.25, -0.2) is 9.46 Å². The zero-order valence-corrected chi connectivity index (χ0v) is 22.8. The number of amides is 1. The summed E-state index contributed by atoms with van der Waals surface area (Å²) >= 11 is 0. The summed E-state index contributed by atoms with van der Waals surface area (Å²) in [5.41, 5.74) is -0.172. The summed E-state index contributed by atoms with van der Waals surface area (Å²) < 4.78 is 30.1. The first-order valence-corrected chi connectivity index (χ1v) is 13.5. The number of aromatic nitrogens is 2. The molecule has 0 bridgehead atoms. The third-order valence-electron chi connectivity index (χ3n) is 5.96. The number of nitrogens with zero attached hydrogens (tertiary/aromatic N) is 4. The molecule has 1 aliphatic heterocycles. The van der Waals surface area contributed by atoms with Gasteiger partial charge in [-0.2, -0.15) is 10.2 Å². The van der Waals surface area contributed by atoms with Gasteiger partial charge in [0.15, 0.2) is 6.23 Å². The predicted octanol–water partition coefficient (Wildman–Crippen LogP) is 4.71. The van der Waals surface area contributed by atoms with Gasteiger partial charge >= 0.3 is 5.69 Å². The molecule has 1 N–H and O–H groups in total. The van der Waals surface area contributed by atoms with Crippen molar-refractivity contribution < 1.29 is 19.9 Å². The number of carbonyl (C=O) groups is 1. The Morgan fingerprint density at radius 2 is 2.00 bits per heavy atom. The van der Waals surface area contributed by atoms with Crippen molar-refractivity contribution in [2.75, 3.05) is 11.9 Å². The lowest BCUT2D eigenvalue weighted by Gasteiger charge is -2.38. The molecule has 3 rings (SSSR count). The molecule has 2 unspecified atom stereocenters. The Morgan fingerprint density at radius 1 is 1.30 bits per heavy atom. The SMILES string of the molecule is [2H]C[C@H]1O[C@@H](n2ccc(NC(=O)c3ccccc3)nc2=O)C(OP(OCCC#N)N(C(C)C)C(C)C)[C@H]1C. The maximum Gasteiger partial charge on any atom is 0.351 e. The molecule has 0 radical (unpaired) electrons. The molecule has 10 nitrogen and oxygen atoms in total. The number of benzene rings is 1. The molecule has 1 saturated heterocycles. The molecule has 5 atom stereocenters. The van der Waals surface area contributed by atoms with E-state index < -0.39 is 32.7 Å². The van der Waals surface area contributed by atoms with E-state index in [1.54, 1.807) is 24.3 Å². The smallest absolute Gasteiger partial charge is 0.351 e. The maximum atomic E-state index is 13.1. The van der Waals surface area contributed by atoms with E-state index in [0.29, 0.717) is 5.56 Å². The molecule has 200 valence electrons. The van der Waals surface area contributed by atoms with Gasteiger partial charge in [-0.1, -0.05) is 25.1 Å². The average molecular weight is 531 g/mol. The van der Waals surface area contributed by atoms with Crippen molar-refractivity contribution in [1.82, 2.24) is 14.2 Å². The van der Waals surface area contributed by atoms with Crippen LogP contribution in [-0.2, 0) is 13.8 Å². The van der Waals surface area contributed by atoms with Crippen LogP contribution in [0.3, 0.4) is 0 Å². The summed E-state index contributed by atoms with van der Waals surface area (Å²) in [7, 11) is -1.60. The number of anilines is 1. The van der Waals surface area contributed by atoms with E-state index in [1.807, 2.05) is 40.7 Å². The van der Waals surface area contributed by atoms with Crippen molar-refractivity contribution in [2.24, 2.45) is 5.92 Å². The Labute approximate surface area is 220 Å². The fourth-order valence-corrected chi connectivity index (χ4v) is 5.89. The highest BCUT2D eigenvalue weighted by atomic mass is 31.2. The fraction of sp³-hybridized carbons (Fsp3) is 0.538. The fourth-order valence-electron chi connectivity index (χ4n) is 4.08. The standard InChI is InChI=1S/C26H36N5O5P/c1-17(2)31(18(3)4)37(34-16-10-14-27)36-23-19(5)20(6)35-25(23)30-15-13-22(29-26(30)33)28-24(32)21-11-8-7-9-12-21/h7-9,11-13,15,17-20,23,25H,10,16H2,1-6H3,(H,28,29,32,33)/t19-,20+,23?,25+,37?/m0/s1/i6D. The molecular weight excluding hydrogens is 493 g/mol. The predicted molar refractivity (Wildman–Crippen MR) is 142 cm³/mol. The topological polar surface area (TPSA) is 119 Å². The van der Waals surface area contributed by atoms with E-state index in [4.69, 9.17) is 20.4 Å². The van der Waals surface area contributed by atoms with E-state index in [9.17, 15) is 9.59 Å². The molecule has 2 aromatic rings. The van der Waals surface area contributed by atoms with Crippen LogP contribution >= 0.6 is 8.53 Å². The first-order chi connectivity index (χ1) is 18.2. The van der Waals surface area contributed by atoms with Crippen LogP contribution in [0, 0.1) is 17.2 Å². The number of nitrogens with one attached hydrogen (secondary N) is 1. The molecule has 1 aromatic heterocycles. The zero-order valence-electron chi connectivity index (χ0n) is 22.9. The second-order valence-corrected chi connectivity index (χ2v) is 10.8. The van der Waals surface area contributed by atoms with Crippen molar-refractivity contribution >= 4 is 20.3 Å². The molecular formula is C26H36N5O5P. The highest BCUT2D eigenvalue weighted by molar-refractivity contribution is 7.44. The van der Waals surface area contributed by atoms with Crippen molar-refractivity contribution in [2.45, 2.75) is 78.5 Å². The Bertz CT molecular complexity index is 1150. The van der Waals surface area contributed by atoms with Crippen LogP contribution < -0.4 is 11.0 Å². The van der Waals surface area contributed by atoms with Gasteiger partial charge in [0.1, 0.15) is 11.9 Å². The largest absolute Gasteiger partial charge is 0.352 e. The Balaban J connectivity index is 1.87. The van der Waals surface area contributed by atoms with Gasteiger partial charge in [-0.05, 0) is 52.8 Å². The van der Waals surface area contributed by atoms with Crippen molar-refractivity contribution in [3.05, 3.63) is 58.6 Å². The van der Waals surface area contributed by atoms with E-state index in [0.717, 1.165) is 0 Å². The third kappa shape index (κ3) is 7.22. The molecule has 0 spiro atoms. The van der Waals surface area contributed by atoms with E-state index in [1.165, 1.54) is 16.8 Å². The van der Waals surface area contributed by atoms with Crippen molar-refractivity contribution in [3.8, 4) is 6.07 Å². The van der Waals surface area contributed by atoms with Crippen LogP contribution in [0.2, 0.25) is 0 Å². The molecule has 0 aliphatic carbocycles. The summed E-state index contributed by atoms with van der Waals surface area (Å²) in [6.07, 6.45) is -0.178. The highest BCUT2D eigenvalue weighted by Crippen LogP contribution is 2.51. The summed E-state index contributed by atoms with van der Waals surface area (Å²) in [5.74, 6) is -0.472. The summed E-state index contributed by atoms with van der Waals surface area (Å²) in [6.45, 7) is 10.3. The van der Waals surface area contributed by atoms with Gasteiger partial charge in [-0.15, -0.1) is 0 Å². The maximum absolute atomic E-state index is 13.1. The van der Waals surface area contributed by atoms with E-state index in [2.05, 4.69) is 21.0 Å². The minimum absolute atomic E-state index is 0.00376. The van der Waals surface area contributed by atoms with Gasteiger partial charge in [0.05, 0.1) is 25.2 Å². The quantitative estimate of drug-likeness (QED) is 0.328. The first kappa shape index (κ1) is 27.4. The van der Waals surface area contributed by atoms with Gasteiger partial charge < -0.3 is 19.1 Å².